The average Bonchev–Trinajstić information content (AvgIpc) is 2.71. The van der Waals surface area contributed by atoms with Gasteiger partial charge in [-0.15, -0.1) is 0 Å². The van der Waals surface area contributed by atoms with E-state index in [9.17, 15) is 8.42 Å². The van der Waals surface area contributed by atoms with E-state index in [2.05, 4.69) is 20.2 Å². The highest BCUT2D eigenvalue weighted by molar-refractivity contribution is 7.89. The Hall–Kier alpha value is -1.71. The maximum Gasteiger partial charge on any atom is 0.233 e. The van der Waals surface area contributed by atoms with Gasteiger partial charge in [-0.05, 0) is 43.7 Å². The van der Waals surface area contributed by atoms with Crippen LogP contribution in [0.5, 0.6) is 0 Å². The molecule has 2 rings (SSSR count). The molecule has 0 unspecified atom stereocenters. The standard InChI is InChI=1S/C20H35N5O3S/c21-20(24-19-11-14-22-15-12-19)23-13-7-2-1-3-8-16-29(26,27)25-28-17-18-9-5-4-6-10-18/h11-12,14-15,18,25H,1-10,13,16-17H2,(H3,21,22,23,24). The van der Waals surface area contributed by atoms with Crippen LogP contribution in [0.4, 0.5) is 5.69 Å². The normalized spacial score (nSPS) is 16.1. The average molecular weight is 426 g/mol. The Bertz CT molecular complexity index is 691. The van der Waals surface area contributed by atoms with Gasteiger partial charge in [-0.1, -0.05) is 43.4 Å². The van der Waals surface area contributed by atoms with E-state index in [1.807, 2.05) is 12.1 Å². The molecule has 0 amide bonds. The smallest absolute Gasteiger partial charge is 0.233 e. The highest BCUT2D eigenvalue weighted by Gasteiger charge is 2.15. The number of guanidine groups is 1. The molecular weight excluding hydrogens is 390 g/mol. The Labute approximate surface area is 174 Å². The van der Waals surface area contributed by atoms with Gasteiger partial charge in [0.15, 0.2) is 5.96 Å². The van der Waals surface area contributed by atoms with Crippen molar-refractivity contribution in [2.75, 3.05) is 24.2 Å². The van der Waals surface area contributed by atoms with Crippen LogP contribution in [0.3, 0.4) is 0 Å². The maximum absolute atomic E-state index is 12.0. The van der Waals surface area contributed by atoms with Crippen molar-refractivity contribution in [2.45, 2.75) is 64.2 Å². The molecular formula is C20H35N5O3S. The van der Waals surface area contributed by atoms with Gasteiger partial charge in [0, 0.05) is 24.6 Å². The first-order valence-corrected chi connectivity index (χ1v) is 12.3. The number of rotatable bonds is 13. The minimum Gasteiger partial charge on any atom is -0.370 e. The van der Waals surface area contributed by atoms with Crippen LogP contribution in [0.15, 0.2) is 29.5 Å². The minimum absolute atomic E-state index is 0.110. The lowest BCUT2D eigenvalue weighted by molar-refractivity contribution is 0.0519. The van der Waals surface area contributed by atoms with Crippen LogP contribution < -0.4 is 15.9 Å². The summed E-state index contributed by atoms with van der Waals surface area (Å²) >= 11 is 0. The second kappa shape index (κ2) is 13.5. The van der Waals surface area contributed by atoms with Gasteiger partial charge in [0.1, 0.15) is 0 Å². The Morgan fingerprint density at radius 1 is 1.10 bits per heavy atom. The quantitative estimate of drug-likeness (QED) is 0.193. The first kappa shape index (κ1) is 23.6. The molecule has 0 radical (unpaired) electrons. The molecule has 1 saturated carbocycles. The van der Waals surface area contributed by atoms with Gasteiger partial charge in [0.25, 0.3) is 0 Å². The van der Waals surface area contributed by atoms with Crippen molar-refractivity contribution in [2.24, 2.45) is 16.6 Å². The van der Waals surface area contributed by atoms with Crippen molar-refractivity contribution in [3.8, 4) is 0 Å². The van der Waals surface area contributed by atoms with Gasteiger partial charge < -0.3 is 11.1 Å². The number of nitrogens with zero attached hydrogens (tertiary/aromatic N) is 2. The number of hydrogen-bond donors (Lipinski definition) is 3. The van der Waals surface area contributed by atoms with Crippen molar-refractivity contribution in [1.82, 2.24) is 9.87 Å². The van der Waals surface area contributed by atoms with Gasteiger partial charge >= 0.3 is 0 Å². The lowest BCUT2D eigenvalue weighted by atomic mass is 9.90. The molecule has 9 heteroatoms. The number of aliphatic imine (C=N–C) groups is 1. The number of anilines is 1. The summed E-state index contributed by atoms with van der Waals surface area (Å²) in [5, 5.41) is 3.01. The zero-order valence-corrected chi connectivity index (χ0v) is 18.0. The second-order valence-corrected chi connectivity index (χ2v) is 9.42. The summed E-state index contributed by atoms with van der Waals surface area (Å²) < 4.78 is 23.9. The molecule has 29 heavy (non-hydrogen) atoms. The third kappa shape index (κ3) is 11.2. The molecule has 0 saturated heterocycles. The van der Waals surface area contributed by atoms with Crippen LogP contribution in [0.1, 0.15) is 64.2 Å². The Kier molecular flexibility index (Phi) is 11.0. The van der Waals surface area contributed by atoms with Crippen molar-refractivity contribution < 1.29 is 13.3 Å². The highest BCUT2D eigenvalue weighted by Crippen LogP contribution is 2.23. The molecule has 1 aliphatic rings. The van der Waals surface area contributed by atoms with Gasteiger partial charge in [0.2, 0.25) is 10.0 Å². The number of hydrogen-bond acceptors (Lipinski definition) is 5. The summed E-state index contributed by atoms with van der Waals surface area (Å²) in [6.45, 7) is 1.14. The SMILES string of the molecule is NC(=NCCCCCCCS(=O)(=O)NOCC1CCCCC1)Nc1ccncc1. The highest BCUT2D eigenvalue weighted by atomic mass is 32.2. The van der Waals surface area contributed by atoms with E-state index in [-0.39, 0.29) is 5.75 Å². The molecule has 1 heterocycles. The molecule has 0 atom stereocenters. The molecule has 0 aliphatic heterocycles. The van der Waals surface area contributed by atoms with E-state index in [1.54, 1.807) is 12.4 Å². The van der Waals surface area contributed by atoms with Crippen molar-refractivity contribution in [3.05, 3.63) is 24.5 Å². The molecule has 1 aliphatic carbocycles. The number of nitrogens with one attached hydrogen (secondary N) is 2. The fourth-order valence-corrected chi connectivity index (χ4v) is 4.31. The maximum atomic E-state index is 12.0. The molecule has 0 aromatic carbocycles. The summed E-state index contributed by atoms with van der Waals surface area (Å²) in [7, 11) is -3.34. The van der Waals surface area contributed by atoms with E-state index < -0.39 is 10.0 Å². The monoisotopic (exact) mass is 425 g/mol. The first-order valence-electron chi connectivity index (χ1n) is 10.6. The largest absolute Gasteiger partial charge is 0.370 e. The zero-order valence-electron chi connectivity index (χ0n) is 17.2. The van der Waals surface area contributed by atoms with Crippen LogP contribution >= 0.6 is 0 Å². The van der Waals surface area contributed by atoms with Gasteiger partial charge in [-0.3, -0.25) is 14.8 Å². The summed E-state index contributed by atoms with van der Waals surface area (Å²) in [5.41, 5.74) is 6.70. The molecule has 0 spiro atoms. The van der Waals surface area contributed by atoms with Crippen molar-refractivity contribution in [1.29, 1.82) is 0 Å². The molecule has 1 aromatic rings. The van der Waals surface area contributed by atoms with Crippen LogP contribution in [0.2, 0.25) is 0 Å². The van der Waals surface area contributed by atoms with Crippen LogP contribution in [-0.4, -0.2) is 38.3 Å². The number of pyridine rings is 1. The number of nitrogens with two attached hydrogens (primary N) is 1. The first-order chi connectivity index (χ1) is 14.1. The van der Waals surface area contributed by atoms with E-state index in [0.29, 0.717) is 31.4 Å². The fraction of sp³-hybridized carbons (Fsp3) is 0.700. The zero-order chi connectivity index (χ0) is 20.8. The predicted molar refractivity (Wildman–Crippen MR) is 117 cm³/mol. The van der Waals surface area contributed by atoms with Crippen molar-refractivity contribution in [3.63, 3.8) is 0 Å². The third-order valence-corrected chi connectivity index (χ3v) is 6.23. The van der Waals surface area contributed by atoms with Gasteiger partial charge in [0.05, 0.1) is 12.4 Å². The number of sulfonamides is 1. The van der Waals surface area contributed by atoms with Gasteiger partial charge in [-0.2, -0.15) is 0 Å². The van der Waals surface area contributed by atoms with Crippen molar-refractivity contribution >= 4 is 21.7 Å². The van der Waals surface area contributed by atoms with Crippen LogP contribution in [0.25, 0.3) is 0 Å². The fourth-order valence-electron chi connectivity index (χ4n) is 3.39. The lowest BCUT2D eigenvalue weighted by Gasteiger charge is -2.20. The minimum atomic E-state index is -3.34. The summed E-state index contributed by atoms with van der Waals surface area (Å²) in [6, 6.07) is 3.65. The molecule has 4 N–H and O–H groups in total. The predicted octanol–water partition coefficient (Wildman–Crippen LogP) is 3.19. The topological polar surface area (TPSA) is 119 Å². The van der Waals surface area contributed by atoms with Crippen LogP contribution in [-0.2, 0) is 14.9 Å². The molecule has 1 aromatic heterocycles. The van der Waals surface area contributed by atoms with Crippen LogP contribution in [0, 0.1) is 5.92 Å². The molecule has 164 valence electrons. The Morgan fingerprint density at radius 2 is 1.79 bits per heavy atom. The van der Waals surface area contributed by atoms with E-state index in [4.69, 9.17) is 10.6 Å². The van der Waals surface area contributed by atoms with E-state index in [1.165, 1.54) is 19.3 Å². The molecule has 1 fully saturated rings. The third-order valence-electron chi connectivity index (χ3n) is 5.04. The van der Waals surface area contributed by atoms with E-state index >= 15 is 0 Å². The summed E-state index contributed by atoms with van der Waals surface area (Å²) in [4.78, 5) is 15.8. The Balaban J connectivity index is 1.45. The second-order valence-electron chi connectivity index (χ2n) is 7.61. The van der Waals surface area contributed by atoms with E-state index in [0.717, 1.165) is 44.2 Å². The molecule has 8 nitrogen and oxygen atoms in total. The number of unbranched alkanes of at least 4 members (excludes halogenated alkanes) is 4. The van der Waals surface area contributed by atoms with Gasteiger partial charge in [-0.25, -0.2) is 8.42 Å². The lowest BCUT2D eigenvalue weighted by Crippen LogP contribution is -2.29. The Morgan fingerprint density at radius 3 is 2.55 bits per heavy atom. The molecule has 0 bridgehead atoms. The summed E-state index contributed by atoms with van der Waals surface area (Å²) in [6.07, 6.45) is 13.8. The number of aromatic nitrogens is 1. The summed E-state index contributed by atoms with van der Waals surface area (Å²) in [5.74, 6) is 0.989.